The maximum atomic E-state index is 14.0. The third-order valence-corrected chi connectivity index (χ3v) is 6.85. The molecule has 2 heterocycles. The Balaban J connectivity index is 1.66. The first-order chi connectivity index (χ1) is 19.3. The monoisotopic (exact) mass is 549 g/mol. The van der Waals surface area contributed by atoms with E-state index in [0.29, 0.717) is 29.4 Å². The van der Waals surface area contributed by atoms with E-state index < -0.39 is 34.8 Å². The molecule has 0 aliphatic carbocycles. The van der Waals surface area contributed by atoms with Crippen molar-refractivity contribution in [3.05, 3.63) is 76.3 Å². The second kappa shape index (κ2) is 10.7. The largest absolute Gasteiger partial charge is 0.494 e. The Kier molecular flexibility index (Phi) is 7.18. The van der Waals surface area contributed by atoms with E-state index in [1.165, 1.54) is 44.6 Å². The molecule has 2 aliphatic rings. The van der Waals surface area contributed by atoms with Crippen LogP contribution in [0.25, 0.3) is 0 Å². The number of nitro groups is 1. The van der Waals surface area contributed by atoms with E-state index in [4.69, 9.17) is 23.8 Å². The van der Waals surface area contributed by atoms with Crippen molar-refractivity contribution >= 4 is 28.9 Å². The number of rotatable bonds is 9. The highest BCUT2D eigenvalue weighted by Crippen LogP contribution is 2.53. The lowest BCUT2D eigenvalue weighted by Gasteiger charge is -2.30. The van der Waals surface area contributed by atoms with Crippen molar-refractivity contribution in [1.29, 1.82) is 0 Å². The van der Waals surface area contributed by atoms with Crippen LogP contribution in [0.2, 0.25) is 0 Å². The number of imide groups is 1. The number of ether oxygens (including phenoxy) is 4. The van der Waals surface area contributed by atoms with Gasteiger partial charge in [0.2, 0.25) is 11.7 Å². The van der Waals surface area contributed by atoms with E-state index >= 15 is 0 Å². The second-order valence-electron chi connectivity index (χ2n) is 8.97. The van der Waals surface area contributed by atoms with Crippen LogP contribution in [-0.2, 0) is 14.4 Å². The fraction of sp³-hybridized carbons (Fsp3) is 0.286. The van der Waals surface area contributed by atoms with Crippen LogP contribution >= 0.6 is 0 Å². The molecule has 3 atom stereocenters. The first-order valence-corrected chi connectivity index (χ1v) is 12.4. The first kappa shape index (κ1) is 26.8. The maximum Gasteiger partial charge on any atom is 0.271 e. The minimum absolute atomic E-state index is 0.178. The predicted molar refractivity (Wildman–Crippen MR) is 143 cm³/mol. The van der Waals surface area contributed by atoms with Crippen LogP contribution in [-0.4, -0.2) is 50.8 Å². The van der Waals surface area contributed by atoms with E-state index in [1.807, 2.05) is 6.92 Å². The summed E-state index contributed by atoms with van der Waals surface area (Å²) in [5.41, 5.74) is 0.920. The number of nitrogens with zero attached hydrogens (tertiary/aromatic N) is 3. The molecule has 2 amide bonds. The zero-order chi connectivity index (χ0) is 28.6. The number of methoxy groups -OCH3 is 3. The van der Waals surface area contributed by atoms with Gasteiger partial charge in [0.15, 0.2) is 17.6 Å². The zero-order valence-corrected chi connectivity index (χ0v) is 22.2. The molecule has 3 aromatic carbocycles. The molecule has 0 radical (unpaired) electrons. The fourth-order valence-electron chi connectivity index (χ4n) is 5.19. The summed E-state index contributed by atoms with van der Waals surface area (Å²) in [6, 6.07) is 14.9. The molecule has 208 valence electrons. The summed E-state index contributed by atoms with van der Waals surface area (Å²) in [5, 5.41) is 12.9. The predicted octanol–water partition coefficient (Wildman–Crippen LogP) is 4.07. The van der Waals surface area contributed by atoms with Crippen LogP contribution in [0.5, 0.6) is 23.0 Å². The van der Waals surface area contributed by atoms with Crippen LogP contribution in [0.3, 0.4) is 0 Å². The molecule has 12 heteroatoms. The summed E-state index contributed by atoms with van der Waals surface area (Å²) in [7, 11) is 4.38. The van der Waals surface area contributed by atoms with Crippen molar-refractivity contribution < 1.29 is 38.3 Å². The normalized spacial score (nSPS) is 19.9. The van der Waals surface area contributed by atoms with Gasteiger partial charge >= 0.3 is 0 Å². The number of nitro benzene ring substituents is 1. The average molecular weight is 550 g/mol. The van der Waals surface area contributed by atoms with Gasteiger partial charge in [-0.1, -0.05) is 12.1 Å². The molecule has 3 unspecified atom stereocenters. The lowest BCUT2D eigenvalue weighted by Crippen LogP contribution is -2.37. The molecule has 2 fully saturated rings. The molecule has 0 saturated carbocycles. The van der Waals surface area contributed by atoms with Crippen molar-refractivity contribution in [3.8, 4) is 23.0 Å². The zero-order valence-electron chi connectivity index (χ0n) is 22.2. The maximum absolute atomic E-state index is 14.0. The van der Waals surface area contributed by atoms with Crippen LogP contribution in [0, 0.1) is 16.0 Å². The Morgan fingerprint density at radius 1 is 0.900 bits per heavy atom. The quantitative estimate of drug-likeness (QED) is 0.219. The number of anilines is 2. The van der Waals surface area contributed by atoms with Gasteiger partial charge in [-0.3, -0.25) is 24.5 Å². The van der Waals surface area contributed by atoms with Crippen LogP contribution in [0.15, 0.2) is 60.7 Å². The highest BCUT2D eigenvalue weighted by molar-refractivity contribution is 6.24. The standard InChI is InChI=1S/C28H27N3O9/c1-5-39-19-11-7-8-16(15-19)29-27(32)22-23(20-12-13-21(36-2)25(38-4)24(20)37-3)30(40-26(22)28(29)33)17-9-6-10-18(14-17)31(34)35/h6-15,22-23,26H,5H2,1-4H3. The molecule has 2 saturated heterocycles. The molecule has 40 heavy (non-hydrogen) atoms. The van der Waals surface area contributed by atoms with E-state index in [1.54, 1.807) is 42.5 Å². The number of hydrogen-bond acceptors (Lipinski definition) is 10. The van der Waals surface area contributed by atoms with Gasteiger partial charge in [0.25, 0.3) is 11.6 Å². The summed E-state index contributed by atoms with van der Waals surface area (Å²) < 4.78 is 22.2. The molecule has 12 nitrogen and oxygen atoms in total. The number of carbonyl (C=O) groups is 2. The van der Waals surface area contributed by atoms with Gasteiger partial charge in [-0.25, -0.2) is 9.96 Å². The molecular formula is C28H27N3O9. The molecule has 2 aliphatic heterocycles. The van der Waals surface area contributed by atoms with Gasteiger partial charge in [-0.05, 0) is 37.3 Å². The topological polar surface area (TPSA) is 130 Å². The highest BCUT2D eigenvalue weighted by atomic mass is 16.7. The van der Waals surface area contributed by atoms with E-state index in [-0.39, 0.29) is 22.9 Å². The average Bonchev–Trinajstić information content (AvgIpc) is 3.47. The van der Waals surface area contributed by atoms with Crippen LogP contribution in [0.4, 0.5) is 17.1 Å². The van der Waals surface area contributed by atoms with Gasteiger partial charge in [-0.15, -0.1) is 0 Å². The number of carbonyl (C=O) groups excluding carboxylic acids is 2. The smallest absolute Gasteiger partial charge is 0.271 e. The lowest BCUT2D eigenvalue weighted by molar-refractivity contribution is -0.384. The Morgan fingerprint density at radius 3 is 2.30 bits per heavy atom. The van der Waals surface area contributed by atoms with Crippen molar-refractivity contribution in [1.82, 2.24) is 0 Å². The summed E-state index contributed by atoms with van der Waals surface area (Å²) >= 11 is 0. The van der Waals surface area contributed by atoms with Gasteiger partial charge in [0.05, 0.1) is 44.2 Å². The molecule has 0 aromatic heterocycles. The van der Waals surface area contributed by atoms with Crippen LogP contribution < -0.4 is 28.9 Å². The van der Waals surface area contributed by atoms with Gasteiger partial charge in [0, 0.05) is 23.8 Å². The van der Waals surface area contributed by atoms with Crippen molar-refractivity contribution in [3.63, 3.8) is 0 Å². The molecular weight excluding hydrogens is 522 g/mol. The second-order valence-corrected chi connectivity index (χ2v) is 8.97. The Bertz CT molecular complexity index is 1480. The van der Waals surface area contributed by atoms with Gasteiger partial charge in [-0.2, -0.15) is 0 Å². The van der Waals surface area contributed by atoms with Crippen molar-refractivity contribution in [2.75, 3.05) is 37.9 Å². The Hall–Kier alpha value is -4.84. The minimum atomic E-state index is -1.20. The molecule has 0 spiro atoms. The number of fused-ring (bicyclic) bond motifs is 1. The summed E-state index contributed by atoms with van der Waals surface area (Å²) in [5.74, 6) is -0.640. The molecule has 0 bridgehead atoms. The SMILES string of the molecule is CCOc1cccc(N2C(=O)C3ON(c4cccc([N+](=O)[O-])c4)C(c4ccc(OC)c(OC)c4OC)C3C2=O)c1. The van der Waals surface area contributed by atoms with E-state index in [9.17, 15) is 19.7 Å². The van der Waals surface area contributed by atoms with Crippen molar-refractivity contribution in [2.24, 2.45) is 5.92 Å². The van der Waals surface area contributed by atoms with Gasteiger partial charge < -0.3 is 18.9 Å². The molecule has 5 rings (SSSR count). The third kappa shape index (κ3) is 4.31. The number of hydroxylamine groups is 1. The Labute approximate surface area is 229 Å². The minimum Gasteiger partial charge on any atom is -0.494 e. The molecule has 0 N–H and O–H groups in total. The Morgan fingerprint density at radius 2 is 1.62 bits per heavy atom. The van der Waals surface area contributed by atoms with E-state index in [2.05, 4.69) is 0 Å². The lowest BCUT2D eigenvalue weighted by atomic mass is 9.89. The number of non-ortho nitro benzene ring substituents is 1. The fourth-order valence-corrected chi connectivity index (χ4v) is 5.19. The van der Waals surface area contributed by atoms with Crippen LogP contribution in [0.1, 0.15) is 18.5 Å². The summed E-state index contributed by atoms with van der Waals surface area (Å²) in [6.45, 7) is 2.25. The van der Waals surface area contributed by atoms with Crippen molar-refractivity contribution in [2.45, 2.75) is 19.1 Å². The molecule has 3 aromatic rings. The summed E-state index contributed by atoms with van der Waals surface area (Å²) in [6.07, 6.45) is -1.20. The number of benzene rings is 3. The van der Waals surface area contributed by atoms with E-state index in [0.717, 1.165) is 4.90 Å². The highest BCUT2D eigenvalue weighted by Gasteiger charge is 2.61. The number of amides is 2. The van der Waals surface area contributed by atoms with Gasteiger partial charge in [0.1, 0.15) is 17.7 Å². The number of hydrogen-bond donors (Lipinski definition) is 0. The summed E-state index contributed by atoms with van der Waals surface area (Å²) in [4.78, 5) is 46.0. The first-order valence-electron chi connectivity index (χ1n) is 12.4. The third-order valence-electron chi connectivity index (χ3n) is 6.85.